The summed E-state index contributed by atoms with van der Waals surface area (Å²) in [7, 11) is -2.33. The Balaban J connectivity index is 4.54. The number of carbonyl (C=O) groups is 1. The van der Waals surface area contributed by atoms with E-state index >= 15 is 0 Å². The van der Waals surface area contributed by atoms with Crippen LogP contribution >= 0.6 is 0 Å². The normalized spacial score (nSPS) is 16.0. The van der Waals surface area contributed by atoms with Crippen LogP contribution in [0.5, 0.6) is 0 Å². The van der Waals surface area contributed by atoms with Crippen molar-refractivity contribution in [1.29, 1.82) is 0 Å². The van der Waals surface area contributed by atoms with Gasteiger partial charge in [-0.1, -0.05) is 6.92 Å². The zero-order chi connectivity index (χ0) is 11.4. The molecule has 2 unspecified atom stereocenters. The Labute approximate surface area is 84.5 Å². The third kappa shape index (κ3) is 3.63. The molecule has 0 bridgehead atoms. The van der Waals surface area contributed by atoms with Gasteiger partial charge in [0.2, 0.25) is 0 Å². The highest BCUT2D eigenvalue weighted by Crippen LogP contribution is 2.08. The van der Waals surface area contributed by atoms with Crippen molar-refractivity contribution in [2.24, 2.45) is 5.73 Å². The van der Waals surface area contributed by atoms with Crippen molar-refractivity contribution >= 4 is 15.8 Å². The summed E-state index contributed by atoms with van der Waals surface area (Å²) >= 11 is 0. The highest BCUT2D eigenvalue weighted by atomic mass is 32.2. The van der Waals surface area contributed by atoms with E-state index in [4.69, 9.17) is 5.73 Å². The Morgan fingerprint density at radius 1 is 1.50 bits per heavy atom. The summed E-state index contributed by atoms with van der Waals surface area (Å²) < 4.78 is 27.3. The van der Waals surface area contributed by atoms with Gasteiger partial charge in [0.1, 0.15) is 5.75 Å². The number of rotatable bonds is 5. The lowest BCUT2D eigenvalue weighted by atomic mass is 10.2. The highest BCUT2D eigenvalue weighted by Gasteiger charge is 2.28. The zero-order valence-corrected chi connectivity index (χ0v) is 9.50. The Morgan fingerprint density at radius 3 is 2.36 bits per heavy atom. The van der Waals surface area contributed by atoms with Gasteiger partial charge in [-0.15, -0.1) is 0 Å². The van der Waals surface area contributed by atoms with Crippen LogP contribution < -0.4 is 5.73 Å². The van der Waals surface area contributed by atoms with E-state index in [2.05, 4.69) is 4.74 Å². The minimum Gasteiger partial charge on any atom is -0.468 e. The largest absolute Gasteiger partial charge is 0.468 e. The third-order valence-corrected chi connectivity index (χ3v) is 4.31. The van der Waals surface area contributed by atoms with Crippen molar-refractivity contribution < 1.29 is 17.9 Å². The van der Waals surface area contributed by atoms with Gasteiger partial charge in [-0.25, -0.2) is 8.42 Å². The fourth-order valence-electron chi connectivity index (χ4n) is 0.953. The molecule has 0 fully saturated rings. The monoisotopic (exact) mass is 223 g/mol. The molecule has 0 rings (SSSR count). The molecular formula is C8H17NO4S. The van der Waals surface area contributed by atoms with Crippen LogP contribution in [0, 0.1) is 0 Å². The SMILES string of the molecule is CCC(N)C(C)S(=O)(=O)CC(=O)OC. The molecule has 6 heteroatoms. The molecule has 2 N–H and O–H groups in total. The molecule has 0 aromatic carbocycles. The molecule has 14 heavy (non-hydrogen) atoms. The molecule has 84 valence electrons. The van der Waals surface area contributed by atoms with Gasteiger partial charge in [0.25, 0.3) is 0 Å². The van der Waals surface area contributed by atoms with Crippen LogP contribution in [0.15, 0.2) is 0 Å². The molecule has 0 radical (unpaired) electrons. The molecule has 0 heterocycles. The van der Waals surface area contributed by atoms with E-state index in [0.29, 0.717) is 6.42 Å². The van der Waals surface area contributed by atoms with E-state index in [9.17, 15) is 13.2 Å². The topological polar surface area (TPSA) is 86.5 Å². The first kappa shape index (κ1) is 13.4. The molecule has 0 aliphatic heterocycles. The highest BCUT2D eigenvalue weighted by molar-refractivity contribution is 7.92. The van der Waals surface area contributed by atoms with Crippen LogP contribution in [0.2, 0.25) is 0 Å². The van der Waals surface area contributed by atoms with E-state index in [-0.39, 0.29) is 0 Å². The lowest BCUT2D eigenvalue weighted by Crippen LogP contribution is -2.40. The predicted octanol–water partition coefficient (Wildman–Crippen LogP) is -0.300. The molecule has 0 amide bonds. The maximum atomic E-state index is 11.5. The maximum absolute atomic E-state index is 11.5. The third-order valence-electron chi connectivity index (χ3n) is 2.19. The van der Waals surface area contributed by atoms with Gasteiger partial charge in [-0.3, -0.25) is 4.79 Å². The lowest BCUT2D eigenvalue weighted by Gasteiger charge is -2.17. The minimum atomic E-state index is -3.48. The second-order valence-corrected chi connectivity index (χ2v) is 5.52. The molecule has 0 aromatic rings. The van der Waals surface area contributed by atoms with Crippen molar-refractivity contribution in [3.63, 3.8) is 0 Å². The van der Waals surface area contributed by atoms with Gasteiger partial charge in [-0.05, 0) is 13.3 Å². The first-order valence-corrected chi connectivity index (χ1v) is 6.10. The van der Waals surface area contributed by atoms with Crippen molar-refractivity contribution in [2.45, 2.75) is 31.6 Å². The number of methoxy groups -OCH3 is 1. The van der Waals surface area contributed by atoms with Crippen LogP contribution in [-0.2, 0) is 19.4 Å². The molecule has 0 aliphatic rings. The summed E-state index contributed by atoms with van der Waals surface area (Å²) in [5.41, 5.74) is 5.59. The number of nitrogens with two attached hydrogens (primary N) is 1. The summed E-state index contributed by atoms with van der Waals surface area (Å²) in [6.07, 6.45) is 0.557. The van der Waals surface area contributed by atoms with Crippen LogP contribution in [0.25, 0.3) is 0 Å². The van der Waals surface area contributed by atoms with Gasteiger partial charge >= 0.3 is 5.97 Å². The summed E-state index contributed by atoms with van der Waals surface area (Å²) in [5, 5.41) is -0.716. The van der Waals surface area contributed by atoms with Gasteiger partial charge in [0, 0.05) is 6.04 Å². The van der Waals surface area contributed by atoms with E-state index < -0.39 is 32.9 Å². The number of ether oxygens (including phenoxy) is 1. The number of sulfone groups is 1. The van der Waals surface area contributed by atoms with E-state index in [0.717, 1.165) is 7.11 Å². The summed E-state index contributed by atoms with van der Waals surface area (Å²) in [4.78, 5) is 10.8. The van der Waals surface area contributed by atoms with Gasteiger partial charge in [-0.2, -0.15) is 0 Å². The molecule has 0 saturated carbocycles. The zero-order valence-electron chi connectivity index (χ0n) is 8.69. The molecule has 0 aliphatic carbocycles. The molecule has 5 nitrogen and oxygen atoms in total. The quantitative estimate of drug-likeness (QED) is 0.647. The van der Waals surface area contributed by atoms with Crippen LogP contribution in [0.3, 0.4) is 0 Å². The Bertz CT molecular complexity index is 286. The Kier molecular flexibility index (Phi) is 5.07. The lowest BCUT2D eigenvalue weighted by molar-refractivity contribution is -0.137. The number of hydrogen-bond donors (Lipinski definition) is 1. The Morgan fingerprint density at radius 2 is 2.00 bits per heavy atom. The number of hydrogen-bond acceptors (Lipinski definition) is 5. The van der Waals surface area contributed by atoms with E-state index in [1.54, 1.807) is 6.92 Å². The van der Waals surface area contributed by atoms with Gasteiger partial charge < -0.3 is 10.5 Å². The first-order valence-electron chi connectivity index (χ1n) is 4.39. The fraction of sp³-hybridized carbons (Fsp3) is 0.875. The fourth-order valence-corrected chi connectivity index (χ4v) is 2.39. The average Bonchev–Trinajstić information content (AvgIpc) is 2.14. The molecule has 2 atom stereocenters. The number of carbonyl (C=O) groups excluding carboxylic acids is 1. The van der Waals surface area contributed by atoms with E-state index in [1.807, 2.05) is 0 Å². The van der Waals surface area contributed by atoms with Crippen molar-refractivity contribution in [2.75, 3.05) is 12.9 Å². The van der Waals surface area contributed by atoms with Gasteiger partial charge in [0.05, 0.1) is 12.4 Å². The minimum absolute atomic E-state index is 0.440. The average molecular weight is 223 g/mol. The first-order chi connectivity index (χ1) is 6.35. The van der Waals surface area contributed by atoms with Crippen LogP contribution in [0.1, 0.15) is 20.3 Å². The standard InChI is InChI=1S/C8H17NO4S/c1-4-7(9)6(2)14(11,12)5-8(10)13-3/h6-7H,4-5,9H2,1-3H3. The summed E-state index contributed by atoms with van der Waals surface area (Å²) in [5.74, 6) is -1.35. The summed E-state index contributed by atoms with van der Waals surface area (Å²) in [6, 6.07) is -0.440. The van der Waals surface area contributed by atoms with Crippen molar-refractivity contribution in [3.8, 4) is 0 Å². The van der Waals surface area contributed by atoms with Gasteiger partial charge in [0.15, 0.2) is 9.84 Å². The molecule has 0 spiro atoms. The maximum Gasteiger partial charge on any atom is 0.320 e. The smallest absolute Gasteiger partial charge is 0.320 e. The summed E-state index contributed by atoms with van der Waals surface area (Å²) in [6.45, 7) is 3.31. The van der Waals surface area contributed by atoms with Crippen LogP contribution in [-0.4, -0.2) is 38.5 Å². The van der Waals surface area contributed by atoms with Crippen LogP contribution in [0.4, 0.5) is 0 Å². The predicted molar refractivity (Wildman–Crippen MR) is 53.5 cm³/mol. The number of esters is 1. The van der Waals surface area contributed by atoms with Crippen molar-refractivity contribution in [1.82, 2.24) is 0 Å². The second kappa shape index (κ2) is 5.31. The second-order valence-electron chi connectivity index (χ2n) is 3.16. The van der Waals surface area contributed by atoms with Crippen molar-refractivity contribution in [3.05, 3.63) is 0 Å². The molecule has 0 aromatic heterocycles. The Hall–Kier alpha value is -0.620. The van der Waals surface area contributed by atoms with E-state index in [1.165, 1.54) is 6.92 Å². The molecule has 0 saturated heterocycles. The molecular weight excluding hydrogens is 206 g/mol.